The summed E-state index contributed by atoms with van der Waals surface area (Å²) >= 11 is 0. The molecule has 34 heavy (non-hydrogen) atoms. The van der Waals surface area contributed by atoms with Crippen molar-refractivity contribution in [2.45, 2.75) is 16.2 Å². The van der Waals surface area contributed by atoms with E-state index in [0.717, 1.165) is 12.1 Å². The van der Waals surface area contributed by atoms with Gasteiger partial charge in [-0.25, -0.2) is 16.8 Å². The number of hydrogen-bond acceptors (Lipinski definition) is 8. The molecule has 2 aromatic heterocycles. The molecule has 0 spiro atoms. The van der Waals surface area contributed by atoms with E-state index in [1.807, 2.05) is 12.1 Å². The number of nitrogens with zero attached hydrogens (tertiary/aromatic N) is 6. The quantitative estimate of drug-likeness (QED) is 0.381. The summed E-state index contributed by atoms with van der Waals surface area (Å²) in [4.78, 5) is -0.699. The molecule has 0 atom stereocenters. The number of nitriles is 2. The monoisotopic (exact) mass is 492 g/mol. The van der Waals surface area contributed by atoms with Crippen LogP contribution in [0.3, 0.4) is 0 Å². The van der Waals surface area contributed by atoms with Crippen LogP contribution in [-0.4, -0.2) is 41.7 Å². The molecular formula is C22H16N6O4S2. The Bertz CT molecular complexity index is 1590. The molecule has 0 saturated carbocycles. The summed E-state index contributed by atoms with van der Waals surface area (Å²) in [7, 11) is -9.22. The third-order valence-electron chi connectivity index (χ3n) is 4.96. The van der Waals surface area contributed by atoms with Crippen LogP contribution in [0.2, 0.25) is 0 Å². The molecule has 4 rings (SSSR count). The Hall–Kier alpha value is -4.10. The van der Waals surface area contributed by atoms with Crippen LogP contribution in [0.15, 0.2) is 82.7 Å². The number of benzene rings is 2. The molecule has 0 fully saturated rings. The van der Waals surface area contributed by atoms with E-state index in [4.69, 9.17) is 10.5 Å². The Labute approximate surface area is 196 Å². The van der Waals surface area contributed by atoms with Crippen LogP contribution < -0.4 is 0 Å². The first-order valence-corrected chi connectivity index (χ1v) is 12.7. The molecule has 0 aliphatic heterocycles. The molecule has 2 heterocycles. The predicted octanol–water partition coefficient (Wildman–Crippen LogP) is 2.09. The van der Waals surface area contributed by atoms with E-state index in [1.165, 1.54) is 36.4 Å². The highest BCUT2D eigenvalue weighted by Gasteiger charge is 2.37. The maximum atomic E-state index is 13.5. The molecule has 0 radical (unpaired) electrons. The highest BCUT2D eigenvalue weighted by atomic mass is 32.3. The average Bonchev–Trinajstić information content (AvgIpc) is 3.27. The lowest BCUT2D eigenvalue weighted by atomic mass is 10.2. The van der Waals surface area contributed by atoms with Crippen molar-refractivity contribution in [3.63, 3.8) is 0 Å². The van der Waals surface area contributed by atoms with E-state index < -0.39 is 26.6 Å². The first kappa shape index (κ1) is 23.1. The van der Waals surface area contributed by atoms with Gasteiger partial charge in [-0.05, 0) is 48.5 Å². The first-order chi connectivity index (χ1) is 16.3. The van der Waals surface area contributed by atoms with Crippen molar-refractivity contribution in [2.75, 3.05) is 6.54 Å². The van der Waals surface area contributed by atoms with Gasteiger partial charge in [-0.15, -0.1) is 10.2 Å². The van der Waals surface area contributed by atoms with Gasteiger partial charge in [-0.1, -0.05) is 21.9 Å². The van der Waals surface area contributed by atoms with E-state index in [9.17, 15) is 16.8 Å². The van der Waals surface area contributed by atoms with Gasteiger partial charge in [0, 0.05) is 19.2 Å². The first-order valence-electron chi connectivity index (χ1n) is 9.84. The smallest absolute Gasteiger partial charge is 0.256 e. The molecule has 4 aromatic rings. The van der Waals surface area contributed by atoms with Crippen LogP contribution in [0.5, 0.6) is 0 Å². The van der Waals surface area contributed by atoms with Crippen molar-refractivity contribution in [1.29, 1.82) is 10.5 Å². The average molecular weight is 493 g/mol. The number of fused-ring (bicyclic) bond motifs is 1. The highest BCUT2D eigenvalue weighted by molar-refractivity contribution is 8.04. The summed E-state index contributed by atoms with van der Waals surface area (Å²) < 4.78 is 56.1. The topological polar surface area (TPSA) is 149 Å². The van der Waals surface area contributed by atoms with E-state index in [2.05, 4.69) is 10.2 Å². The van der Waals surface area contributed by atoms with Gasteiger partial charge in [0.2, 0.25) is 0 Å². The van der Waals surface area contributed by atoms with E-state index in [-0.39, 0.29) is 27.3 Å². The summed E-state index contributed by atoms with van der Waals surface area (Å²) in [5, 5.41) is 26.4. The van der Waals surface area contributed by atoms with Gasteiger partial charge in [0.1, 0.15) is 5.82 Å². The van der Waals surface area contributed by atoms with E-state index in [0.29, 0.717) is 15.2 Å². The molecule has 0 bridgehead atoms. The van der Waals surface area contributed by atoms with Gasteiger partial charge in [-0.3, -0.25) is 4.40 Å². The zero-order valence-electron chi connectivity index (χ0n) is 17.5. The molecule has 0 amide bonds. The van der Waals surface area contributed by atoms with E-state index in [1.54, 1.807) is 28.8 Å². The second-order valence-corrected chi connectivity index (χ2v) is 11.0. The summed E-state index contributed by atoms with van der Waals surface area (Å²) in [6.07, 6.45) is 1.62. The molecule has 2 aromatic carbocycles. The molecule has 0 aliphatic rings. The standard InChI is InChI=1S/C22H16N6O4S2/c23-15-17-5-3-7-19(13-17)33(29,30)28(34(31,32)20-8-4-6-18(14-20)16-24)12-10-22-26-25-21-9-1-2-11-27(21)22/h1-9,11,13-14H,10,12H2. The van der Waals surface area contributed by atoms with Crippen molar-refractivity contribution in [2.24, 2.45) is 0 Å². The number of rotatable bonds is 7. The van der Waals surface area contributed by atoms with Gasteiger partial charge in [-0.2, -0.15) is 10.5 Å². The van der Waals surface area contributed by atoms with E-state index >= 15 is 0 Å². The number of sulfonamides is 2. The Kier molecular flexibility index (Phi) is 6.13. The largest absolute Gasteiger partial charge is 0.286 e. The van der Waals surface area contributed by atoms with Crippen LogP contribution >= 0.6 is 0 Å². The Morgan fingerprint density at radius 3 is 1.94 bits per heavy atom. The van der Waals surface area contributed by atoms with Crippen LogP contribution in [0.4, 0.5) is 0 Å². The van der Waals surface area contributed by atoms with Gasteiger partial charge in [0.25, 0.3) is 20.0 Å². The molecule has 0 N–H and O–H groups in total. The normalized spacial score (nSPS) is 11.9. The molecular weight excluding hydrogens is 476 g/mol. The van der Waals surface area contributed by atoms with Gasteiger partial charge >= 0.3 is 0 Å². The second-order valence-electron chi connectivity index (χ2n) is 7.08. The zero-order chi connectivity index (χ0) is 24.3. The second kappa shape index (κ2) is 9.03. The maximum absolute atomic E-state index is 13.5. The van der Waals surface area contributed by atoms with Crippen LogP contribution in [0.1, 0.15) is 17.0 Å². The minimum Gasteiger partial charge on any atom is -0.286 e. The lowest BCUT2D eigenvalue weighted by Crippen LogP contribution is -2.38. The van der Waals surface area contributed by atoms with Crippen LogP contribution in [-0.2, 0) is 26.5 Å². The number of hydrogen-bond donors (Lipinski definition) is 0. The zero-order valence-corrected chi connectivity index (χ0v) is 19.1. The lowest BCUT2D eigenvalue weighted by molar-refractivity contribution is 0.495. The minimum absolute atomic E-state index is 0.0633. The molecule has 0 unspecified atom stereocenters. The molecule has 170 valence electrons. The van der Waals surface area contributed by atoms with Crippen molar-refractivity contribution >= 4 is 25.7 Å². The van der Waals surface area contributed by atoms with Crippen molar-refractivity contribution in [3.8, 4) is 12.1 Å². The number of aromatic nitrogens is 3. The minimum atomic E-state index is -4.61. The fraction of sp³-hybridized carbons (Fsp3) is 0.0909. The maximum Gasteiger partial charge on any atom is 0.256 e. The van der Waals surface area contributed by atoms with Gasteiger partial charge in [0.15, 0.2) is 5.65 Å². The summed E-state index contributed by atoms with van der Waals surface area (Å²) in [6, 6.07) is 19.1. The summed E-state index contributed by atoms with van der Waals surface area (Å²) in [5.74, 6) is 0.363. The number of pyridine rings is 1. The fourth-order valence-corrected chi connectivity index (χ4v) is 7.05. The van der Waals surface area contributed by atoms with Gasteiger partial charge < -0.3 is 0 Å². The van der Waals surface area contributed by atoms with Crippen molar-refractivity contribution < 1.29 is 16.8 Å². The highest BCUT2D eigenvalue weighted by Crippen LogP contribution is 2.26. The Morgan fingerprint density at radius 2 is 1.38 bits per heavy atom. The van der Waals surface area contributed by atoms with Gasteiger partial charge in [0.05, 0.1) is 33.1 Å². The fourth-order valence-electron chi connectivity index (χ4n) is 3.31. The van der Waals surface area contributed by atoms with Crippen molar-refractivity contribution in [3.05, 3.63) is 89.9 Å². The van der Waals surface area contributed by atoms with Crippen molar-refractivity contribution in [1.82, 2.24) is 18.3 Å². The molecule has 0 aliphatic carbocycles. The molecule has 0 saturated heterocycles. The molecule has 12 heteroatoms. The predicted molar refractivity (Wildman–Crippen MR) is 120 cm³/mol. The third kappa shape index (κ3) is 4.25. The Morgan fingerprint density at radius 1 is 0.794 bits per heavy atom. The molecule has 10 nitrogen and oxygen atoms in total. The lowest BCUT2D eigenvalue weighted by Gasteiger charge is -2.22. The summed E-state index contributed by atoms with van der Waals surface area (Å²) in [5.41, 5.74) is 0.653. The van der Waals surface area contributed by atoms with Crippen LogP contribution in [0, 0.1) is 22.7 Å². The van der Waals surface area contributed by atoms with Crippen LogP contribution in [0.25, 0.3) is 5.65 Å². The Balaban J connectivity index is 1.81. The third-order valence-corrected chi connectivity index (χ3v) is 9.27. The SMILES string of the molecule is N#Cc1cccc(S(=O)(=O)N(CCc2nnc3ccccn23)S(=O)(=O)c2cccc(C#N)c2)c1. The summed E-state index contributed by atoms with van der Waals surface area (Å²) in [6.45, 7) is -0.478.